The Morgan fingerprint density at radius 3 is 2.93 bits per heavy atom. The second kappa shape index (κ2) is 7.21. The van der Waals surface area contributed by atoms with Crippen LogP contribution < -0.4 is 5.32 Å². The van der Waals surface area contributed by atoms with Crippen LogP contribution >= 0.6 is 0 Å². The fourth-order valence-corrected chi connectivity index (χ4v) is 1.81. The van der Waals surface area contributed by atoms with Gasteiger partial charge in [0, 0.05) is 12.6 Å². The van der Waals surface area contributed by atoms with Gasteiger partial charge in [0.25, 0.3) is 0 Å². The highest BCUT2D eigenvalue weighted by Crippen LogP contribution is 2.10. The van der Waals surface area contributed by atoms with Gasteiger partial charge in [0.1, 0.15) is 0 Å². The first-order valence-corrected chi connectivity index (χ1v) is 5.83. The van der Waals surface area contributed by atoms with Crippen molar-refractivity contribution in [3.8, 4) is 0 Å². The summed E-state index contributed by atoms with van der Waals surface area (Å²) in [7, 11) is 2.21. The number of likely N-dealkylation sites (N-methyl/N-ethyl adjacent to an activating group) is 1. The fraction of sp³-hybridized carbons (Fsp3) is 1.00. The molecule has 0 spiro atoms. The van der Waals surface area contributed by atoms with Crippen molar-refractivity contribution in [2.45, 2.75) is 32.2 Å². The molecule has 0 bridgehead atoms. The number of nitrogens with zero attached hydrogens (tertiary/aromatic N) is 1. The second-order valence-electron chi connectivity index (χ2n) is 4.10. The van der Waals surface area contributed by atoms with Crippen LogP contribution in [0.3, 0.4) is 0 Å². The summed E-state index contributed by atoms with van der Waals surface area (Å²) in [5.41, 5.74) is 0. The first kappa shape index (κ1) is 12.0. The summed E-state index contributed by atoms with van der Waals surface area (Å²) in [4.78, 5) is 2.43. The van der Waals surface area contributed by atoms with Crippen molar-refractivity contribution in [3.63, 3.8) is 0 Å². The lowest BCUT2D eigenvalue weighted by Gasteiger charge is -2.22. The van der Waals surface area contributed by atoms with Gasteiger partial charge in [-0.2, -0.15) is 0 Å². The number of hydrogen-bond acceptors (Lipinski definition) is 3. The van der Waals surface area contributed by atoms with Crippen molar-refractivity contribution in [3.05, 3.63) is 0 Å². The first-order valence-electron chi connectivity index (χ1n) is 5.83. The number of nitrogens with one attached hydrogen (secondary N) is 1. The van der Waals surface area contributed by atoms with E-state index < -0.39 is 0 Å². The van der Waals surface area contributed by atoms with Gasteiger partial charge in [0.15, 0.2) is 0 Å². The van der Waals surface area contributed by atoms with Crippen LogP contribution in [0.4, 0.5) is 0 Å². The highest BCUT2D eigenvalue weighted by atomic mass is 16.5. The molecule has 1 fully saturated rings. The van der Waals surface area contributed by atoms with Crippen LogP contribution in [0.5, 0.6) is 0 Å². The van der Waals surface area contributed by atoms with Gasteiger partial charge in [-0.1, -0.05) is 6.92 Å². The zero-order chi connectivity index (χ0) is 10.2. The van der Waals surface area contributed by atoms with Gasteiger partial charge in [0.05, 0.1) is 6.61 Å². The van der Waals surface area contributed by atoms with Crippen LogP contribution in [-0.4, -0.2) is 50.8 Å². The summed E-state index contributed by atoms with van der Waals surface area (Å²) in [6.07, 6.45) is 3.68. The van der Waals surface area contributed by atoms with Gasteiger partial charge < -0.3 is 15.0 Å². The average molecular weight is 200 g/mol. The highest BCUT2D eigenvalue weighted by molar-refractivity contribution is 4.72. The average Bonchev–Trinajstić information content (AvgIpc) is 2.70. The van der Waals surface area contributed by atoms with Crippen LogP contribution in [-0.2, 0) is 4.74 Å². The van der Waals surface area contributed by atoms with Crippen molar-refractivity contribution in [2.24, 2.45) is 0 Å². The van der Waals surface area contributed by atoms with Crippen LogP contribution in [0.2, 0.25) is 0 Å². The molecule has 1 aliphatic heterocycles. The van der Waals surface area contributed by atoms with Crippen LogP contribution in [0.15, 0.2) is 0 Å². The Hall–Kier alpha value is -0.120. The van der Waals surface area contributed by atoms with E-state index in [4.69, 9.17) is 4.74 Å². The van der Waals surface area contributed by atoms with E-state index >= 15 is 0 Å². The summed E-state index contributed by atoms with van der Waals surface area (Å²) in [5.74, 6) is 0. The Balaban J connectivity index is 1.94. The summed E-state index contributed by atoms with van der Waals surface area (Å²) >= 11 is 0. The number of rotatable bonds is 7. The van der Waals surface area contributed by atoms with E-state index in [0.29, 0.717) is 6.04 Å². The van der Waals surface area contributed by atoms with Gasteiger partial charge in [-0.25, -0.2) is 0 Å². The molecular formula is C11H24N2O. The molecule has 0 aromatic rings. The lowest BCUT2D eigenvalue weighted by Crippen LogP contribution is -2.34. The molecule has 84 valence electrons. The minimum absolute atomic E-state index is 0.668. The van der Waals surface area contributed by atoms with Crippen LogP contribution in [0.1, 0.15) is 26.2 Å². The molecule has 3 nitrogen and oxygen atoms in total. The summed E-state index contributed by atoms with van der Waals surface area (Å²) in [5, 5.41) is 3.42. The SMILES string of the molecule is CCCNCCCN(C)C1CCOC1. The lowest BCUT2D eigenvalue weighted by molar-refractivity contribution is 0.158. The molecule has 1 unspecified atom stereocenters. The third-order valence-corrected chi connectivity index (χ3v) is 2.82. The van der Waals surface area contributed by atoms with Crippen molar-refractivity contribution in [2.75, 3.05) is 39.9 Å². The molecule has 0 aromatic heterocycles. The van der Waals surface area contributed by atoms with Gasteiger partial charge in [-0.15, -0.1) is 0 Å². The van der Waals surface area contributed by atoms with Gasteiger partial charge in [-0.3, -0.25) is 0 Å². The van der Waals surface area contributed by atoms with Gasteiger partial charge in [-0.05, 0) is 45.9 Å². The maximum Gasteiger partial charge on any atom is 0.0622 e. The summed E-state index contributed by atoms with van der Waals surface area (Å²) in [6.45, 7) is 7.56. The Morgan fingerprint density at radius 2 is 2.29 bits per heavy atom. The third-order valence-electron chi connectivity index (χ3n) is 2.82. The van der Waals surface area contributed by atoms with Crippen molar-refractivity contribution in [1.29, 1.82) is 0 Å². The molecule has 0 saturated carbocycles. The molecule has 1 aliphatic rings. The Kier molecular flexibility index (Phi) is 6.15. The Labute approximate surface area is 87.8 Å². The van der Waals surface area contributed by atoms with Gasteiger partial charge in [0.2, 0.25) is 0 Å². The van der Waals surface area contributed by atoms with E-state index in [0.717, 1.165) is 26.3 Å². The summed E-state index contributed by atoms with van der Waals surface area (Å²) < 4.78 is 5.37. The molecule has 1 atom stereocenters. The maximum absolute atomic E-state index is 5.37. The van der Waals surface area contributed by atoms with E-state index in [1.807, 2.05) is 0 Å². The smallest absolute Gasteiger partial charge is 0.0622 e. The number of ether oxygens (including phenoxy) is 1. The third kappa shape index (κ3) is 4.40. The van der Waals surface area contributed by atoms with E-state index in [-0.39, 0.29) is 0 Å². The first-order chi connectivity index (χ1) is 6.84. The molecule has 0 amide bonds. The minimum atomic E-state index is 0.668. The predicted molar refractivity (Wildman–Crippen MR) is 59.6 cm³/mol. The van der Waals surface area contributed by atoms with E-state index in [2.05, 4.69) is 24.2 Å². The number of hydrogen-bond donors (Lipinski definition) is 1. The second-order valence-corrected chi connectivity index (χ2v) is 4.10. The molecule has 3 heteroatoms. The molecule has 0 aliphatic carbocycles. The zero-order valence-electron chi connectivity index (χ0n) is 9.59. The monoisotopic (exact) mass is 200 g/mol. The minimum Gasteiger partial charge on any atom is -0.380 e. The fourth-order valence-electron chi connectivity index (χ4n) is 1.81. The normalized spacial score (nSPS) is 22.1. The van der Waals surface area contributed by atoms with Crippen LogP contribution in [0.25, 0.3) is 0 Å². The van der Waals surface area contributed by atoms with Crippen molar-refractivity contribution < 1.29 is 4.74 Å². The lowest BCUT2D eigenvalue weighted by atomic mass is 10.2. The highest BCUT2D eigenvalue weighted by Gasteiger charge is 2.19. The van der Waals surface area contributed by atoms with E-state index in [1.54, 1.807) is 0 Å². The van der Waals surface area contributed by atoms with Gasteiger partial charge >= 0.3 is 0 Å². The molecule has 0 radical (unpaired) electrons. The topological polar surface area (TPSA) is 24.5 Å². The molecule has 1 saturated heterocycles. The Morgan fingerprint density at radius 1 is 1.43 bits per heavy atom. The standard InChI is InChI=1S/C11H24N2O/c1-3-6-12-7-4-8-13(2)11-5-9-14-10-11/h11-12H,3-10H2,1-2H3. The molecule has 1 heterocycles. The van der Waals surface area contributed by atoms with E-state index in [9.17, 15) is 0 Å². The molecule has 1 rings (SSSR count). The summed E-state index contributed by atoms with van der Waals surface area (Å²) in [6, 6.07) is 0.668. The van der Waals surface area contributed by atoms with Crippen molar-refractivity contribution in [1.82, 2.24) is 10.2 Å². The Bertz CT molecular complexity index is 135. The molecular weight excluding hydrogens is 176 g/mol. The van der Waals surface area contributed by atoms with Crippen LogP contribution in [0, 0.1) is 0 Å². The molecule has 0 aromatic carbocycles. The zero-order valence-corrected chi connectivity index (χ0v) is 9.59. The quantitative estimate of drug-likeness (QED) is 0.623. The molecule has 14 heavy (non-hydrogen) atoms. The van der Waals surface area contributed by atoms with Crippen molar-refractivity contribution >= 4 is 0 Å². The maximum atomic E-state index is 5.37. The largest absolute Gasteiger partial charge is 0.380 e. The predicted octanol–water partition coefficient (Wildman–Crippen LogP) is 1.10. The van der Waals surface area contributed by atoms with E-state index in [1.165, 1.54) is 25.8 Å². The molecule has 1 N–H and O–H groups in total.